The van der Waals surface area contributed by atoms with Crippen molar-refractivity contribution in [3.05, 3.63) is 47.0 Å². The average Bonchev–Trinajstić information content (AvgIpc) is 2.63. The fourth-order valence-corrected chi connectivity index (χ4v) is 3.94. The number of amides is 1. The second kappa shape index (κ2) is 7.55. The first-order valence-electron chi connectivity index (χ1n) is 8.04. The third kappa shape index (κ3) is 4.11. The quantitative estimate of drug-likeness (QED) is 0.840. The Morgan fingerprint density at radius 3 is 2.65 bits per heavy atom. The fourth-order valence-electron chi connectivity index (χ4n) is 2.52. The molecule has 2 aromatic carbocycles. The highest BCUT2D eigenvalue weighted by atomic mass is 35.5. The van der Waals surface area contributed by atoms with Gasteiger partial charge in [-0.1, -0.05) is 17.7 Å². The lowest BCUT2D eigenvalue weighted by Gasteiger charge is -2.18. The third-order valence-electron chi connectivity index (χ3n) is 4.01. The van der Waals surface area contributed by atoms with Gasteiger partial charge in [-0.25, -0.2) is 8.42 Å². The number of benzene rings is 2. The Balaban J connectivity index is 1.66. The second-order valence-electron chi connectivity index (χ2n) is 5.83. The molecule has 0 spiro atoms. The molecule has 1 aliphatic rings. The molecule has 1 N–H and O–H groups in total. The van der Waals surface area contributed by atoms with Crippen LogP contribution in [0.15, 0.2) is 41.3 Å². The molecule has 0 unspecified atom stereocenters. The minimum atomic E-state index is -3.62. The molecule has 138 valence electrons. The minimum Gasteiger partial charge on any atom is -0.486 e. The molecule has 0 saturated carbocycles. The van der Waals surface area contributed by atoms with Crippen molar-refractivity contribution in [1.82, 2.24) is 0 Å². The van der Waals surface area contributed by atoms with Crippen LogP contribution in [0.4, 0.5) is 5.69 Å². The Bertz CT molecular complexity index is 943. The maximum atomic E-state index is 12.5. The molecule has 1 heterocycles. The molecule has 0 fully saturated rings. The van der Waals surface area contributed by atoms with E-state index in [4.69, 9.17) is 21.1 Å². The summed E-state index contributed by atoms with van der Waals surface area (Å²) in [5, 5.41) is 3.23. The molecule has 26 heavy (non-hydrogen) atoms. The van der Waals surface area contributed by atoms with Crippen LogP contribution in [0.25, 0.3) is 0 Å². The van der Waals surface area contributed by atoms with E-state index in [9.17, 15) is 13.2 Å². The van der Waals surface area contributed by atoms with Crippen LogP contribution in [-0.2, 0) is 14.6 Å². The van der Waals surface area contributed by atoms with E-state index in [-0.39, 0.29) is 17.1 Å². The van der Waals surface area contributed by atoms with Crippen molar-refractivity contribution in [1.29, 1.82) is 0 Å². The van der Waals surface area contributed by atoms with Gasteiger partial charge in [0.2, 0.25) is 5.91 Å². The first-order valence-corrected chi connectivity index (χ1v) is 10.1. The maximum absolute atomic E-state index is 12.5. The molecule has 8 heteroatoms. The summed E-state index contributed by atoms with van der Waals surface area (Å²) in [4.78, 5) is 12.2. The molecule has 0 aromatic heterocycles. The van der Waals surface area contributed by atoms with Crippen molar-refractivity contribution >= 4 is 33.0 Å². The number of nitrogens with one attached hydrogen (secondary N) is 1. The highest BCUT2D eigenvalue weighted by Crippen LogP contribution is 2.32. The largest absolute Gasteiger partial charge is 0.486 e. The van der Waals surface area contributed by atoms with Crippen molar-refractivity contribution in [2.75, 3.05) is 24.3 Å². The molecule has 0 bridgehead atoms. The molecule has 0 saturated heterocycles. The van der Waals surface area contributed by atoms with Gasteiger partial charge in [-0.2, -0.15) is 0 Å². The van der Waals surface area contributed by atoms with Gasteiger partial charge in [-0.3, -0.25) is 4.79 Å². The van der Waals surface area contributed by atoms with Crippen molar-refractivity contribution in [2.45, 2.75) is 18.2 Å². The first-order chi connectivity index (χ1) is 12.4. The lowest BCUT2D eigenvalue weighted by Crippen LogP contribution is -2.19. The second-order valence-corrected chi connectivity index (χ2v) is 8.35. The fraction of sp³-hybridized carbons (Fsp3) is 0.278. The van der Waals surface area contributed by atoms with E-state index in [2.05, 4.69) is 5.32 Å². The zero-order valence-electron chi connectivity index (χ0n) is 14.1. The van der Waals surface area contributed by atoms with Gasteiger partial charge in [0.1, 0.15) is 13.2 Å². The van der Waals surface area contributed by atoms with E-state index < -0.39 is 15.7 Å². The van der Waals surface area contributed by atoms with Crippen LogP contribution in [0.1, 0.15) is 12.0 Å². The SMILES string of the molecule is Cc1c(Cl)cccc1NC(=O)CCS(=O)(=O)c1ccc2c(c1)OCCO2. The Morgan fingerprint density at radius 1 is 1.15 bits per heavy atom. The van der Waals surface area contributed by atoms with E-state index >= 15 is 0 Å². The summed E-state index contributed by atoms with van der Waals surface area (Å²) in [7, 11) is -3.62. The van der Waals surface area contributed by atoms with E-state index in [0.717, 1.165) is 5.56 Å². The number of hydrogen-bond donors (Lipinski definition) is 1. The predicted octanol–water partition coefficient (Wildman–Crippen LogP) is 3.22. The molecule has 1 aliphatic heterocycles. The molecule has 0 radical (unpaired) electrons. The zero-order valence-corrected chi connectivity index (χ0v) is 15.7. The Hall–Kier alpha value is -2.25. The zero-order chi connectivity index (χ0) is 18.7. The van der Waals surface area contributed by atoms with E-state index in [1.807, 2.05) is 0 Å². The summed E-state index contributed by atoms with van der Waals surface area (Å²) in [5.74, 6) is 0.218. The molecule has 3 rings (SSSR count). The van der Waals surface area contributed by atoms with Crippen LogP contribution in [0.3, 0.4) is 0 Å². The number of carbonyl (C=O) groups excluding carboxylic acids is 1. The monoisotopic (exact) mass is 395 g/mol. The van der Waals surface area contributed by atoms with Gasteiger partial charge in [0.05, 0.1) is 10.6 Å². The van der Waals surface area contributed by atoms with Crippen LogP contribution >= 0.6 is 11.6 Å². The molecule has 0 atom stereocenters. The van der Waals surface area contributed by atoms with Crippen molar-refractivity contribution in [3.63, 3.8) is 0 Å². The molecule has 6 nitrogen and oxygen atoms in total. The van der Waals surface area contributed by atoms with E-state index in [1.54, 1.807) is 31.2 Å². The number of rotatable bonds is 5. The van der Waals surface area contributed by atoms with Crippen LogP contribution in [0, 0.1) is 6.92 Å². The van der Waals surface area contributed by atoms with Crippen LogP contribution < -0.4 is 14.8 Å². The van der Waals surface area contributed by atoms with E-state index in [0.29, 0.717) is 35.4 Å². The highest BCUT2D eigenvalue weighted by Gasteiger charge is 2.21. The van der Waals surface area contributed by atoms with Gasteiger partial charge >= 0.3 is 0 Å². The number of hydrogen-bond acceptors (Lipinski definition) is 5. The topological polar surface area (TPSA) is 81.7 Å². The molecule has 1 amide bonds. The van der Waals surface area contributed by atoms with Gasteiger partial charge in [-0.05, 0) is 36.8 Å². The lowest BCUT2D eigenvalue weighted by molar-refractivity contribution is -0.115. The molecule has 2 aromatic rings. The smallest absolute Gasteiger partial charge is 0.225 e. The number of fused-ring (bicyclic) bond motifs is 1. The summed E-state index contributed by atoms with van der Waals surface area (Å²) in [6.45, 7) is 2.59. The Labute approximate surface area is 157 Å². The number of carbonyl (C=O) groups is 1. The number of ether oxygens (including phenoxy) is 2. The maximum Gasteiger partial charge on any atom is 0.225 e. The first kappa shape index (κ1) is 18.5. The number of halogens is 1. The summed E-state index contributed by atoms with van der Waals surface area (Å²) in [6, 6.07) is 9.62. The summed E-state index contributed by atoms with van der Waals surface area (Å²) >= 11 is 6.02. The van der Waals surface area contributed by atoms with Crippen molar-refractivity contribution in [3.8, 4) is 11.5 Å². The normalized spacial score (nSPS) is 13.3. The van der Waals surface area contributed by atoms with Gasteiger partial charge in [-0.15, -0.1) is 0 Å². The standard InChI is InChI=1S/C18H18ClNO5S/c1-12-14(19)3-2-4-15(12)20-18(21)7-10-26(22,23)13-5-6-16-17(11-13)25-9-8-24-16/h2-6,11H,7-10H2,1H3,(H,20,21). The van der Waals surface area contributed by atoms with Gasteiger partial charge < -0.3 is 14.8 Å². The van der Waals surface area contributed by atoms with Crippen molar-refractivity contribution < 1.29 is 22.7 Å². The Kier molecular flexibility index (Phi) is 5.38. The molecular weight excluding hydrogens is 378 g/mol. The predicted molar refractivity (Wildman–Crippen MR) is 98.9 cm³/mol. The van der Waals surface area contributed by atoms with Gasteiger partial charge in [0.15, 0.2) is 21.3 Å². The van der Waals surface area contributed by atoms with E-state index in [1.165, 1.54) is 12.1 Å². The van der Waals surface area contributed by atoms with Gasteiger partial charge in [0, 0.05) is 23.2 Å². The van der Waals surface area contributed by atoms with Gasteiger partial charge in [0.25, 0.3) is 0 Å². The lowest BCUT2D eigenvalue weighted by atomic mass is 10.2. The highest BCUT2D eigenvalue weighted by molar-refractivity contribution is 7.91. The third-order valence-corrected chi connectivity index (χ3v) is 6.14. The van der Waals surface area contributed by atoms with Crippen LogP contribution in [0.5, 0.6) is 11.5 Å². The van der Waals surface area contributed by atoms with Crippen LogP contribution in [0.2, 0.25) is 5.02 Å². The van der Waals surface area contributed by atoms with Crippen LogP contribution in [-0.4, -0.2) is 33.3 Å². The Morgan fingerprint density at radius 2 is 1.88 bits per heavy atom. The summed E-state index contributed by atoms with van der Waals surface area (Å²) in [5.41, 5.74) is 1.30. The number of anilines is 1. The van der Waals surface area contributed by atoms with Crippen molar-refractivity contribution in [2.24, 2.45) is 0 Å². The molecule has 0 aliphatic carbocycles. The minimum absolute atomic E-state index is 0.105. The number of sulfone groups is 1. The molecular formula is C18H18ClNO5S. The summed E-state index contributed by atoms with van der Waals surface area (Å²) in [6.07, 6.45) is -0.164. The summed E-state index contributed by atoms with van der Waals surface area (Å²) < 4.78 is 35.8. The average molecular weight is 396 g/mol.